The van der Waals surface area contributed by atoms with E-state index in [9.17, 15) is 0 Å². The number of aliphatic hydroxyl groups excluding tert-OH is 2. The fourth-order valence-corrected chi connectivity index (χ4v) is 1.08. The van der Waals surface area contributed by atoms with Crippen LogP contribution < -0.4 is 0 Å². The van der Waals surface area contributed by atoms with Crippen molar-refractivity contribution in [2.24, 2.45) is 0 Å². The van der Waals surface area contributed by atoms with Crippen molar-refractivity contribution >= 4 is 0 Å². The minimum atomic E-state index is -0.625. The molecule has 4 nitrogen and oxygen atoms in total. The normalized spacial score (nSPS) is 55.3. The monoisotopic (exact) mass is 132 g/mol. The van der Waals surface area contributed by atoms with Crippen molar-refractivity contribution in [2.45, 2.75) is 24.6 Å². The van der Waals surface area contributed by atoms with Crippen LogP contribution in [0.25, 0.3) is 0 Å². The van der Waals surface area contributed by atoms with Gasteiger partial charge in [-0.2, -0.15) is 0 Å². The lowest BCUT2D eigenvalue weighted by molar-refractivity contribution is -0.0872. The predicted octanol–water partition coefficient (Wildman–Crippen LogP) is -1.54. The molecule has 52 valence electrons. The van der Waals surface area contributed by atoms with Gasteiger partial charge in [0, 0.05) is 0 Å². The van der Waals surface area contributed by atoms with Crippen LogP contribution >= 0.6 is 0 Å². The predicted molar refractivity (Wildman–Crippen MR) is 26.6 cm³/mol. The SMILES string of the molecule is OC[C@H]1O[C@H]2O[C@@H]2[C@@H]1O. The van der Waals surface area contributed by atoms with Gasteiger partial charge in [0.15, 0.2) is 6.29 Å². The van der Waals surface area contributed by atoms with E-state index in [1.165, 1.54) is 0 Å². The average molecular weight is 132 g/mol. The maximum absolute atomic E-state index is 9.09. The molecule has 0 aromatic rings. The van der Waals surface area contributed by atoms with Crippen LogP contribution in [-0.2, 0) is 9.47 Å². The third kappa shape index (κ3) is 0.679. The molecule has 0 unspecified atom stereocenters. The Labute approximate surface area is 52.0 Å². The quantitative estimate of drug-likeness (QED) is 0.424. The zero-order chi connectivity index (χ0) is 6.43. The fourth-order valence-electron chi connectivity index (χ4n) is 1.08. The summed E-state index contributed by atoms with van der Waals surface area (Å²) in [6, 6.07) is 0. The molecule has 2 N–H and O–H groups in total. The standard InChI is InChI=1S/C5H8O4/c6-1-2-3(7)4-5(8-2)9-4/h2-7H,1H2/t2-,3-,4-,5+/m1/s1. The van der Waals surface area contributed by atoms with Crippen molar-refractivity contribution in [2.75, 3.05) is 6.61 Å². The molecule has 0 aromatic heterocycles. The minimum absolute atomic E-state index is 0.127. The first-order valence-electron chi connectivity index (χ1n) is 2.93. The molecule has 0 saturated carbocycles. The number of hydrogen-bond acceptors (Lipinski definition) is 4. The third-order valence-electron chi connectivity index (χ3n) is 1.69. The molecule has 4 atom stereocenters. The highest BCUT2D eigenvalue weighted by atomic mass is 16.8. The second kappa shape index (κ2) is 1.67. The van der Waals surface area contributed by atoms with Crippen LogP contribution in [0.5, 0.6) is 0 Å². The second-order valence-corrected chi connectivity index (χ2v) is 2.32. The first-order chi connectivity index (χ1) is 4.33. The van der Waals surface area contributed by atoms with Gasteiger partial charge in [0.25, 0.3) is 0 Å². The highest BCUT2D eigenvalue weighted by Gasteiger charge is 2.56. The number of rotatable bonds is 1. The second-order valence-electron chi connectivity index (χ2n) is 2.32. The van der Waals surface area contributed by atoms with Crippen molar-refractivity contribution in [3.05, 3.63) is 0 Å². The van der Waals surface area contributed by atoms with Crippen LogP contribution in [0.4, 0.5) is 0 Å². The van der Waals surface area contributed by atoms with E-state index >= 15 is 0 Å². The third-order valence-corrected chi connectivity index (χ3v) is 1.69. The molecule has 0 aliphatic carbocycles. The number of epoxide rings is 1. The number of ether oxygens (including phenoxy) is 2. The van der Waals surface area contributed by atoms with Crippen molar-refractivity contribution in [3.8, 4) is 0 Å². The van der Waals surface area contributed by atoms with E-state index in [2.05, 4.69) is 0 Å². The van der Waals surface area contributed by atoms with E-state index in [4.69, 9.17) is 19.7 Å². The molecule has 2 saturated heterocycles. The average Bonchev–Trinajstić information content (AvgIpc) is 2.55. The Balaban J connectivity index is 1.99. The number of hydrogen-bond donors (Lipinski definition) is 2. The smallest absolute Gasteiger partial charge is 0.187 e. The Morgan fingerprint density at radius 2 is 2.11 bits per heavy atom. The highest BCUT2D eigenvalue weighted by molar-refractivity contribution is 4.96. The van der Waals surface area contributed by atoms with E-state index in [0.717, 1.165) is 0 Å². The molecule has 2 aliphatic rings. The summed E-state index contributed by atoms with van der Waals surface area (Å²) in [5.41, 5.74) is 0. The van der Waals surface area contributed by atoms with Crippen molar-refractivity contribution in [1.82, 2.24) is 0 Å². The minimum Gasteiger partial charge on any atom is -0.394 e. The molecule has 0 spiro atoms. The van der Waals surface area contributed by atoms with E-state index in [1.807, 2.05) is 0 Å². The van der Waals surface area contributed by atoms with Crippen molar-refractivity contribution < 1.29 is 19.7 Å². The molecule has 2 heterocycles. The van der Waals surface area contributed by atoms with Crippen LogP contribution in [0.3, 0.4) is 0 Å². The molecule has 9 heavy (non-hydrogen) atoms. The molecule has 2 rings (SSSR count). The summed E-state index contributed by atoms with van der Waals surface area (Å²) >= 11 is 0. The summed E-state index contributed by atoms with van der Waals surface area (Å²) in [6.07, 6.45) is -1.45. The summed E-state index contributed by atoms with van der Waals surface area (Å²) in [4.78, 5) is 0. The Morgan fingerprint density at radius 3 is 2.44 bits per heavy atom. The van der Waals surface area contributed by atoms with E-state index in [1.54, 1.807) is 0 Å². The first kappa shape index (κ1) is 5.61. The summed E-state index contributed by atoms with van der Waals surface area (Å²) in [7, 11) is 0. The Bertz CT molecular complexity index is 126. The van der Waals surface area contributed by atoms with E-state index in [-0.39, 0.29) is 19.0 Å². The van der Waals surface area contributed by atoms with Crippen LogP contribution in [0.1, 0.15) is 0 Å². The molecule has 2 fully saturated rings. The van der Waals surface area contributed by atoms with Crippen LogP contribution in [0.15, 0.2) is 0 Å². The number of fused-ring (bicyclic) bond motifs is 1. The van der Waals surface area contributed by atoms with Gasteiger partial charge in [-0.3, -0.25) is 0 Å². The molecule has 0 aromatic carbocycles. The lowest BCUT2D eigenvalue weighted by atomic mass is 10.2. The molecule has 4 heteroatoms. The van der Waals surface area contributed by atoms with Gasteiger partial charge in [0.05, 0.1) is 6.61 Å². The van der Waals surface area contributed by atoms with Gasteiger partial charge in [-0.1, -0.05) is 0 Å². The van der Waals surface area contributed by atoms with Gasteiger partial charge in [0.2, 0.25) is 0 Å². The molecule has 0 radical (unpaired) electrons. The lowest BCUT2D eigenvalue weighted by Gasteiger charge is -2.12. The molecular weight excluding hydrogens is 124 g/mol. The maximum Gasteiger partial charge on any atom is 0.187 e. The summed E-state index contributed by atoms with van der Waals surface area (Å²) in [5.74, 6) is 0. The van der Waals surface area contributed by atoms with Gasteiger partial charge < -0.3 is 19.7 Å². The van der Waals surface area contributed by atoms with Gasteiger partial charge in [0.1, 0.15) is 18.3 Å². The molecular formula is C5H8O4. The van der Waals surface area contributed by atoms with Crippen LogP contribution in [-0.4, -0.2) is 41.4 Å². The zero-order valence-electron chi connectivity index (χ0n) is 4.73. The molecule has 2 aliphatic heterocycles. The highest BCUT2D eigenvalue weighted by Crippen LogP contribution is 2.36. The van der Waals surface area contributed by atoms with Crippen molar-refractivity contribution in [1.29, 1.82) is 0 Å². The van der Waals surface area contributed by atoms with E-state index < -0.39 is 12.2 Å². The number of aliphatic hydroxyl groups is 2. The molecule has 0 amide bonds. The molecule has 0 bridgehead atoms. The Morgan fingerprint density at radius 1 is 1.33 bits per heavy atom. The van der Waals surface area contributed by atoms with Gasteiger partial charge in [-0.15, -0.1) is 0 Å². The van der Waals surface area contributed by atoms with Crippen molar-refractivity contribution in [3.63, 3.8) is 0 Å². The summed E-state index contributed by atoms with van der Waals surface area (Å²) < 4.78 is 9.79. The van der Waals surface area contributed by atoms with Gasteiger partial charge >= 0.3 is 0 Å². The first-order valence-corrected chi connectivity index (χ1v) is 2.93. The maximum atomic E-state index is 9.09. The van der Waals surface area contributed by atoms with Crippen LogP contribution in [0, 0.1) is 0 Å². The van der Waals surface area contributed by atoms with Gasteiger partial charge in [-0.05, 0) is 0 Å². The fraction of sp³-hybridized carbons (Fsp3) is 1.00. The largest absolute Gasteiger partial charge is 0.394 e. The lowest BCUT2D eigenvalue weighted by Crippen LogP contribution is -2.30. The van der Waals surface area contributed by atoms with E-state index in [0.29, 0.717) is 0 Å². The Kier molecular flexibility index (Phi) is 1.04. The van der Waals surface area contributed by atoms with Gasteiger partial charge in [-0.25, -0.2) is 0 Å². The summed E-state index contributed by atoms with van der Waals surface area (Å²) in [6.45, 7) is -0.127. The Hall–Kier alpha value is -0.160. The topological polar surface area (TPSA) is 62.2 Å². The summed E-state index contributed by atoms with van der Waals surface area (Å²) in [5, 5.41) is 17.6. The van der Waals surface area contributed by atoms with Crippen LogP contribution in [0.2, 0.25) is 0 Å². The zero-order valence-corrected chi connectivity index (χ0v) is 4.73.